The van der Waals surface area contributed by atoms with Gasteiger partial charge in [-0.15, -0.1) is 0 Å². The van der Waals surface area contributed by atoms with E-state index in [4.69, 9.17) is 0 Å². The van der Waals surface area contributed by atoms with Crippen LogP contribution < -0.4 is 4.72 Å². The molecule has 0 bridgehead atoms. The maximum Gasteiger partial charge on any atom is 0.264 e. The van der Waals surface area contributed by atoms with Crippen LogP contribution in [0.4, 0.5) is 0 Å². The molecule has 1 saturated carbocycles. The Morgan fingerprint density at radius 3 is 1.96 bits per heavy atom. The highest BCUT2D eigenvalue weighted by Gasteiger charge is 2.44. The molecule has 1 aliphatic carbocycles. The Kier molecular flexibility index (Phi) is 5.18. The summed E-state index contributed by atoms with van der Waals surface area (Å²) in [6, 6.07) is 5.93. The Morgan fingerprint density at radius 1 is 1.04 bits per heavy atom. The maximum absolute atomic E-state index is 12.3. The summed E-state index contributed by atoms with van der Waals surface area (Å²) >= 11 is 0. The van der Waals surface area contributed by atoms with Gasteiger partial charge in [0.05, 0.1) is 4.90 Å². The molecule has 1 amide bonds. The zero-order chi connectivity index (χ0) is 19.0. The standard InChI is InChI=1S/C18H23NO5S/c1-11-5-7-13(8-6-11)25(23,24)19-17(22)16-14(20)9-12(10-15(16)21)18(2,3)4/h5-8,12,16H,9-10H2,1-4H3,(H,19,22). The molecule has 1 aliphatic rings. The van der Waals surface area contributed by atoms with Crippen molar-refractivity contribution >= 4 is 27.5 Å². The molecule has 7 heteroatoms. The van der Waals surface area contributed by atoms with Gasteiger partial charge in [-0.1, -0.05) is 38.5 Å². The Morgan fingerprint density at radius 2 is 1.52 bits per heavy atom. The van der Waals surface area contributed by atoms with Crippen LogP contribution in [-0.4, -0.2) is 25.9 Å². The number of benzene rings is 1. The fraction of sp³-hybridized carbons (Fsp3) is 0.500. The van der Waals surface area contributed by atoms with E-state index in [1.165, 1.54) is 12.1 Å². The van der Waals surface area contributed by atoms with Crippen molar-refractivity contribution in [1.82, 2.24) is 4.72 Å². The topological polar surface area (TPSA) is 97.4 Å². The first-order chi connectivity index (χ1) is 11.4. The molecule has 0 saturated heterocycles. The summed E-state index contributed by atoms with van der Waals surface area (Å²) in [4.78, 5) is 36.8. The van der Waals surface area contributed by atoms with Gasteiger partial charge in [0.2, 0.25) is 0 Å². The third-order valence-corrected chi connectivity index (χ3v) is 5.95. The van der Waals surface area contributed by atoms with E-state index in [-0.39, 0.29) is 29.1 Å². The number of hydrogen-bond donors (Lipinski definition) is 1. The van der Waals surface area contributed by atoms with Crippen LogP contribution in [0.15, 0.2) is 29.2 Å². The zero-order valence-electron chi connectivity index (χ0n) is 14.8. The van der Waals surface area contributed by atoms with Gasteiger partial charge in [0.1, 0.15) is 0 Å². The number of Topliss-reactive ketones (excluding diaryl/α,β-unsaturated/α-hetero) is 2. The van der Waals surface area contributed by atoms with E-state index in [0.29, 0.717) is 0 Å². The molecular formula is C18H23NO5S. The van der Waals surface area contributed by atoms with Crippen LogP contribution in [0.25, 0.3) is 0 Å². The van der Waals surface area contributed by atoms with Crippen LogP contribution in [0, 0.1) is 24.2 Å². The van der Waals surface area contributed by atoms with E-state index in [9.17, 15) is 22.8 Å². The second-order valence-electron chi connectivity index (χ2n) is 7.62. The molecule has 1 N–H and O–H groups in total. The maximum atomic E-state index is 12.3. The SMILES string of the molecule is Cc1ccc(S(=O)(=O)NC(=O)C2C(=O)CC(C(C)(C)C)CC2=O)cc1. The monoisotopic (exact) mass is 365 g/mol. The van der Waals surface area contributed by atoms with Crippen LogP contribution in [-0.2, 0) is 24.4 Å². The fourth-order valence-electron chi connectivity index (χ4n) is 2.85. The Bertz CT molecular complexity index is 785. The van der Waals surface area contributed by atoms with E-state index in [1.807, 2.05) is 25.5 Å². The average molecular weight is 365 g/mol. The molecule has 0 atom stereocenters. The van der Waals surface area contributed by atoms with Gasteiger partial charge < -0.3 is 0 Å². The molecule has 1 aromatic rings. The number of amides is 1. The van der Waals surface area contributed by atoms with Crippen molar-refractivity contribution in [1.29, 1.82) is 0 Å². The highest BCUT2D eigenvalue weighted by Crippen LogP contribution is 2.37. The van der Waals surface area contributed by atoms with Crippen molar-refractivity contribution in [2.45, 2.75) is 45.4 Å². The van der Waals surface area contributed by atoms with E-state index in [0.717, 1.165) is 5.56 Å². The molecule has 0 aromatic heterocycles. The number of nitrogens with one attached hydrogen (secondary N) is 1. The number of ketones is 2. The number of carbonyl (C=O) groups excluding carboxylic acids is 3. The molecule has 1 aromatic carbocycles. The third-order valence-electron chi connectivity index (χ3n) is 4.59. The van der Waals surface area contributed by atoms with Gasteiger partial charge >= 0.3 is 0 Å². The molecule has 6 nitrogen and oxygen atoms in total. The smallest absolute Gasteiger partial charge is 0.264 e. The molecule has 0 spiro atoms. The highest BCUT2D eigenvalue weighted by atomic mass is 32.2. The number of rotatable bonds is 3. The van der Waals surface area contributed by atoms with Crippen LogP contribution in [0.2, 0.25) is 0 Å². The van der Waals surface area contributed by atoms with Crippen molar-refractivity contribution in [3.63, 3.8) is 0 Å². The number of hydrogen-bond acceptors (Lipinski definition) is 5. The molecule has 2 rings (SSSR count). The van der Waals surface area contributed by atoms with Crippen LogP contribution >= 0.6 is 0 Å². The molecule has 1 fully saturated rings. The summed E-state index contributed by atoms with van der Waals surface area (Å²) in [6.07, 6.45) is 0.190. The zero-order valence-corrected chi connectivity index (χ0v) is 15.6. The summed E-state index contributed by atoms with van der Waals surface area (Å²) in [6.45, 7) is 7.60. The predicted molar refractivity (Wildman–Crippen MR) is 92.2 cm³/mol. The van der Waals surface area contributed by atoms with Crippen LogP contribution in [0.1, 0.15) is 39.2 Å². The first-order valence-corrected chi connectivity index (χ1v) is 9.59. The van der Waals surface area contributed by atoms with E-state index in [1.54, 1.807) is 19.1 Å². The van der Waals surface area contributed by atoms with Crippen LogP contribution in [0.5, 0.6) is 0 Å². The van der Waals surface area contributed by atoms with E-state index < -0.39 is 33.4 Å². The number of aryl methyl sites for hydroxylation is 1. The quantitative estimate of drug-likeness (QED) is 0.827. The first kappa shape index (κ1) is 19.3. The Balaban J connectivity index is 2.17. The second-order valence-corrected chi connectivity index (χ2v) is 9.30. The van der Waals surface area contributed by atoms with Crippen molar-refractivity contribution < 1.29 is 22.8 Å². The van der Waals surface area contributed by atoms with Crippen LogP contribution in [0.3, 0.4) is 0 Å². The predicted octanol–water partition coefficient (Wildman–Crippen LogP) is 2.01. The largest absolute Gasteiger partial charge is 0.298 e. The molecule has 0 unspecified atom stereocenters. The minimum Gasteiger partial charge on any atom is -0.298 e. The molecular weight excluding hydrogens is 342 g/mol. The van der Waals surface area contributed by atoms with Gasteiger partial charge in [0, 0.05) is 12.8 Å². The van der Waals surface area contributed by atoms with Crippen molar-refractivity contribution in [2.75, 3.05) is 0 Å². The molecule has 25 heavy (non-hydrogen) atoms. The lowest BCUT2D eigenvalue weighted by Crippen LogP contribution is -2.47. The number of carbonyl (C=O) groups is 3. The summed E-state index contributed by atoms with van der Waals surface area (Å²) < 4.78 is 26.4. The second kappa shape index (κ2) is 6.71. The summed E-state index contributed by atoms with van der Waals surface area (Å²) in [7, 11) is -4.12. The molecule has 0 radical (unpaired) electrons. The summed E-state index contributed by atoms with van der Waals surface area (Å²) in [5.74, 6) is -3.80. The Hall–Kier alpha value is -2.02. The summed E-state index contributed by atoms with van der Waals surface area (Å²) in [5.41, 5.74) is 0.636. The first-order valence-electron chi connectivity index (χ1n) is 8.10. The third kappa shape index (κ3) is 4.34. The van der Waals surface area contributed by atoms with Gasteiger partial charge in [-0.3, -0.25) is 14.4 Å². The fourth-order valence-corrected chi connectivity index (χ4v) is 3.84. The minimum absolute atomic E-state index is 0.0882. The van der Waals surface area contributed by atoms with Gasteiger partial charge in [-0.05, 0) is 30.4 Å². The van der Waals surface area contributed by atoms with Crippen molar-refractivity contribution in [3.05, 3.63) is 29.8 Å². The van der Waals surface area contributed by atoms with E-state index in [2.05, 4.69) is 0 Å². The van der Waals surface area contributed by atoms with E-state index >= 15 is 0 Å². The highest BCUT2D eigenvalue weighted by molar-refractivity contribution is 7.90. The molecule has 136 valence electrons. The lowest BCUT2D eigenvalue weighted by molar-refractivity contribution is -0.145. The lowest BCUT2D eigenvalue weighted by atomic mass is 9.68. The normalized spacial score (nSPS) is 21.9. The number of sulfonamides is 1. The minimum atomic E-state index is -4.12. The van der Waals surface area contributed by atoms with Gasteiger partial charge in [0.15, 0.2) is 17.5 Å². The summed E-state index contributed by atoms with van der Waals surface area (Å²) in [5, 5.41) is 0. The Labute approximate surface area is 148 Å². The van der Waals surface area contributed by atoms with Gasteiger partial charge in [-0.2, -0.15) is 0 Å². The van der Waals surface area contributed by atoms with Gasteiger partial charge in [-0.25, -0.2) is 13.1 Å². The van der Waals surface area contributed by atoms with Crippen molar-refractivity contribution in [2.24, 2.45) is 17.3 Å². The lowest BCUT2D eigenvalue weighted by Gasteiger charge is -2.34. The van der Waals surface area contributed by atoms with Crippen molar-refractivity contribution in [3.8, 4) is 0 Å². The average Bonchev–Trinajstić information content (AvgIpc) is 2.45. The molecule has 0 heterocycles. The van der Waals surface area contributed by atoms with Gasteiger partial charge in [0.25, 0.3) is 15.9 Å². The molecule has 0 aliphatic heterocycles.